The summed E-state index contributed by atoms with van der Waals surface area (Å²) in [5.74, 6) is -6.89. The molecule has 13 N–H and O–H groups in total. The van der Waals surface area contributed by atoms with Crippen molar-refractivity contribution in [2.45, 2.75) is 85.5 Å². The topological polar surface area (TPSA) is 551 Å². The van der Waals surface area contributed by atoms with Crippen LogP contribution in [0.25, 0.3) is 6.15 Å². The van der Waals surface area contributed by atoms with Crippen LogP contribution in [0.3, 0.4) is 0 Å². The van der Waals surface area contributed by atoms with Crippen molar-refractivity contribution in [3.8, 4) is 0 Å². The van der Waals surface area contributed by atoms with Gasteiger partial charge in [-0.05, 0) is 15.3 Å². The quantitative estimate of drug-likeness (QED) is 0.0190. The van der Waals surface area contributed by atoms with Crippen molar-refractivity contribution >= 4 is 71.1 Å². The Hall–Kier alpha value is -7.56. The van der Waals surface area contributed by atoms with Crippen LogP contribution in [-0.4, -0.2) is 223 Å². The van der Waals surface area contributed by atoms with E-state index in [4.69, 9.17) is 70.6 Å². The largest absolute Gasteiger partial charge is 0.693 e. The van der Waals surface area contributed by atoms with Crippen molar-refractivity contribution < 1.29 is 137 Å². The first-order chi connectivity index (χ1) is 38.6. The molecule has 4 aliphatic rings. The van der Waals surface area contributed by atoms with Gasteiger partial charge in [-0.1, -0.05) is 20.4 Å². The van der Waals surface area contributed by atoms with Gasteiger partial charge in [0, 0.05) is 57.9 Å². The van der Waals surface area contributed by atoms with E-state index >= 15 is 0 Å². The number of carbonyl (C=O) groups excluding carboxylic acids is 12. The Balaban J connectivity index is -0.000000501. The number of hydrogen-bond donors (Lipinski definition) is 6. The van der Waals surface area contributed by atoms with Crippen LogP contribution in [-0.2, 0) is 115 Å². The molecule has 4 rings (SSSR count). The van der Waals surface area contributed by atoms with Gasteiger partial charge in [0.2, 0.25) is 6.54 Å². The number of amides is 8. The average Bonchev–Trinajstić information content (AvgIpc) is 4.19. The summed E-state index contributed by atoms with van der Waals surface area (Å²) in [6.07, 6.45) is 0.479. The molecule has 0 aromatic carbocycles. The van der Waals surface area contributed by atoms with Gasteiger partial charge in [-0.2, -0.15) is 22.1 Å². The minimum Gasteiger partial charge on any atom is -0.693 e. The van der Waals surface area contributed by atoms with Crippen molar-refractivity contribution in [1.82, 2.24) is 20.3 Å². The maximum atomic E-state index is 11.5. The molecular formula is C45H83N14O24+3. The first-order valence-electron chi connectivity index (χ1n) is 24.6. The highest BCUT2D eigenvalue weighted by Gasteiger charge is 2.35. The Morgan fingerprint density at radius 1 is 0.361 bits per heavy atom. The highest BCUT2D eigenvalue weighted by atomic mass is 16.7. The lowest BCUT2D eigenvalue weighted by atomic mass is 10.4. The molecule has 0 aromatic rings. The summed E-state index contributed by atoms with van der Waals surface area (Å²) in [7, 11) is 0. The minimum absolute atomic E-state index is 0. The summed E-state index contributed by atoms with van der Waals surface area (Å²) in [5.41, 5.74) is 28.8. The predicted molar refractivity (Wildman–Crippen MR) is 269 cm³/mol. The molecule has 0 unspecified atom stereocenters. The zero-order valence-electron chi connectivity index (χ0n) is 44.8. The molecule has 8 amide bonds. The number of rotatable bonds is 38. The second-order valence-corrected chi connectivity index (χ2v) is 15.3. The van der Waals surface area contributed by atoms with Crippen LogP contribution in [0, 0.1) is 5.53 Å². The fourth-order valence-corrected chi connectivity index (χ4v) is 5.47. The molecule has 0 saturated carbocycles. The molecule has 4 aliphatic heterocycles. The number of nitrogens with one attached hydrogen (secondary N) is 1. The first-order valence-corrected chi connectivity index (χ1v) is 24.6. The molecule has 4 fully saturated rings. The average molecular weight is 1200 g/mol. The number of hydrogen-bond acceptors (Lipinski definition) is 29. The van der Waals surface area contributed by atoms with E-state index in [2.05, 4.69) is 35.4 Å². The van der Waals surface area contributed by atoms with Gasteiger partial charge in [0.1, 0.15) is 13.1 Å². The van der Waals surface area contributed by atoms with Crippen LogP contribution in [0.4, 0.5) is 0 Å². The first kappa shape index (κ1) is 81.9. The predicted octanol–water partition coefficient (Wildman–Crippen LogP) is -5.96. The maximum absolute atomic E-state index is 11.5. The van der Waals surface area contributed by atoms with Crippen LogP contribution in [0.15, 0.2) is 15.3 Å². The van der Waals surface area contributed by atoms with E-state index in [1.54, 1.807) is 0 Å². The summed E-state index contributed by atoms with van der Waals surface area (Å²) < 4.78 is 41.4. The monoisotopic (exact) mass is 1200 g/mol. The molecule has 38 nitrogen and oxygen atoms in total. The summed E-state index contributed by atoms with van der Waals surface area (Å²) >= 11 is 0. The molecule has 0 bridgehead atoms. The zero-order valence-corrected chi connectivity index (χ0v) is 44.8. The zero-order chi connectivity index (χ0) is 59.8. The van der Waals surface area contributed by atoms with E-state index in [1.807, 2.05) is 0 Å². The molecule has 0 radical (unpaired) electrons. The summed E-state index contributed by atoms with van der Waals surface area (Å²) in [6, 6.07) is 0. The van der Waals surface area contributed by atoms with Crippen molar-refractivity contribution in [3.05, 3.63) is 6.15 Å². The number of nitrogens with zero attached hydrogens (tertiary/aromatic N) is 7. The minimum atomic E-state index is -0.828. The van der Waals surface area contributed by atoms with E-state index in [0.29, 0.717) is 126 Å². The highest BCUT2D eigenvalue weighted by Crippen LogP contribution is 2.15. The second kappa shape index (κ2) is 53.7. The van der Waals surface area contributed by atoms with Gasteiger partial charge in [-0.15, -0.1) is 20.3 Å². The Kier molecular flexibility index (Phi) is 53.0. The SMILES string of the molecule is C.C.N=[NH2+].NCCOCCOCCC(=O)ON1C(=O)CCC1=O.[NH2+]=NCC(=O)ON1C(=O)CCC1=O.[NH2+]=NCCOCCOCCC(=O)ON1C(=O)CCC1=O.[NH2+]=NCCOCCOCCOCCOCCC(=O)ON1C(=O)CCC1=O.[NH2-]. The molecule has 0 aromatic heterocycles. The number of ether oxygens (including phenoxy) is 8. The summed E-state index contributed by atoms with van der Waals surface area (Å²) in [4.78, 5) is 152. The Morgan fingerprint density at radius 3 is 0.783 bits per heavy atom. The van der Waals surface area contributed by atoms with Gasteiger partial charge < -0.3 is 69.1 Å². The summed E-state index contributed by atoms with van der Waals surface area (Å²) in [5, 5.41) is 11.8. The molecule has 83 heavy (non-hydrogen) atoms. The Morgan fingerprint density at radius 2 is 0.566 bits per heavy atom. The normalized spacial score (nSPS) is 14.0. The van der Waals surface area contributed by atoms with Gasteiger partial charge in [-0.3, -0.25) is 38.4 Å². The number of carbonyl (C=O) groups is 12. The molecule has 474 valence electrons. The molecule has 4 saturated heterocycles. The third-order valence-corrected chi connectivity index (χ3v) is 9.22. The molecule has 4 heterocycles. The van der Waals surface area contributed by atoms with E-state index in [9.17, 15) is 57.5 Å². The fourth-order valence-electron chi connectivity index (χ4n) is 5.47. The lowest BCUT2D eigenvalue weighted by Crippen LogP contribution is -2.34. The van der Waals surface area contributed by atoms with Crippen molar-refractivity contribution in [3.63, 3.8) is 0 Å². The van der Waals surface area contributed by atoms with Crippen LogP contribution >= 0.6 is 0 Å². The molecule has 0 spiro atoms. The second-order valence-electron chi connectivity index (χ2n) is 15.3. The maximum Gasteiger partial charge on any atom is 0.360 e. The van der Waals surface area contributed by atoms with Crippen molar-refractivity contribution in [2.75, 3.05) is 132 Å². The van der Waals surface area contributed by atoms with Gasteiger partial charge in [-0.25, -0.2) is 19.2 Å². The van der Waals surface area contributed by atoms with Gasteiger partial charge in [0.15, 0.2) is 0 Å². The van der Waals surface area contributed by atoms with Gasteiger partial charge >= 0.3 is 23.9 Å². The van der Waals surface area contributed by atoms with Gasteiger partial charge in [0.05, 0.1) is 125 Å². The molecule has 0 aliphatic carbocycles. The van der Waals surface area contributed by atoms with Crippen LogP contribution in [0.5, 0.6) is 0 Å². The fraction of sp³-hybridized carbons (Fsp3) is 0.733. The number of nitrogens with two attached hydrogens (primary N) is 6. The van der Waals surface area contributed by atoms with E-state index in [1.165, 1.54) is 0 Å². The van der Waals surface area contributed by atoms with Crippen molar-refractivity contribution in [1.29, 1.82) is 5.53 Å². The van der Waals surface area contributed by atoms with Crippen LogP contribution in [0.1, 0.15) is 85.5 Å². The van der Waals surface area contributed by atoms with Crippen LogP contribution < -0.4 is 27.9 Å². The Labute approximate surface area is 477 Å². The number of imide groups is 4. The Bertz CT molecular complexity index is 1950. The van der Waals surface area contributed by atoms with Crippen LogP contribution in [0.2, 0.25) is 0 Å². The molecular weight excluding hydrogens is 1120 g/mol. The lowest BCUT2D eigenvalue weighted by molar-refractivity contribution is -0.249. The van der Waals surface area contributed by atoms with E-state index in [-0.39, 0.29) is 118 Å². The third-order valence-electron chi connectivity index (χ3n) is 9.22. The van der Waals surface area contributed by atoms with E-state index in [0.717, 1.165) is 0 Å². The van der Waals surface area contributed by atoms with E-state index < -0.39 is 71.1 Å². The third kappa shape index (κ3) is 40.3. The number of hydroxylamine groups is 8. The molecule has 0 atom stereocenters. The van der Waals surface area contributed by atoms with Gasteiger partial charge in [0.25, 0.3) is 47.3 Å². The lowest BCUT2D eigenvalue weighted by Gasteiger charge is -2.12. The summed E-state index contributed by atoms with van der Waals surface area (Å²) in [6.45, 7) is 6.59. The smallest absolute Gasteiger partial charge is 0.360 e. The highest BCUT2D eigenvalue weighted by molar-refractivity contribution is 6.03. The molecule has 38 heteroatoms. The standard InChI is InChI=1S/C15H25N3O8.C11H17N3O6.C11H18N2O6.C6H7N3O4.2CH4.H2N2.H2N/c16-17-4-6-23-8-10-25-12-11-24-9-7-22-5-3-15(21)26-18-13(19)1-2-14(18)20;12-13-4-6-19-8-7-18-5-3-11(17)20-14-9(15)1-2-10(14)16;12-4-6-18-8-7-17-5-3-11(16)19-13-9(14)1-2-10(13)15;7-8-3-6(12)13-9-4(10)1-2-5(9)11;;;1-2;/h16H,1-12H2;12H,1-8H2;1-8,12H2;7H,1-3H2;2*1H4;1-2H;1H2/q;;;;;;;-1/p+4. The van der Waals surface area contributed by atoms with Crippen molar-refractivity contribution in [2.24, 2.45) is 21.1 Å².